The molecule has 0 saturated carbocycles. The minimum absolute atomic E-state index is 0.725. The molecule has 4 heteroatoms. The zero-order valence-electron chi connectivity index (χ0n) is 8.88. The lowest BCUT2D eigenvalue weighted by Crippen LogP contribution is -1.99. The summed E-state index contributed by atoms with van der Waals surface area (Å²) in [7, 11) is 0. The smallest absolute Gasteiger partial charge is 0.0638 e. The third-order valence-corrected chi connectivity index (χ3v) is 3.62. The third-order valence-electron chi connectivity index (χ3n) is 2.30. The number of benzene rings is 2. The number of hydrogen-bond donors (Lipinski definition) is 1. The predicted molar refractivity (Wildman–Crippen MR) is 80.6 cm³/mol. The number of halogens is 3. The number of anilines is 1. The highest BCUT2D eigenvalue weighted by Gasteiger charge is 2.01. The van der Waals surface area contributed by atoms with Crippen molar-refractivity contribution in [3.8, 4) is 0 Å². The van der Waals surface area contributed by atoms with Crippen molar-refractivity contribution in [3.63, 3.8) is 0 Å². The molecule has 0 heterocycles. The maximum Gasteiger partial charge on any atom is 0.0638 e. The Morgan fingerprint density at radius 1 is 1.00 bits per heavy atom. The first kappa shape index (κ1) is 12.9. The first-order chi connectivity index (χ1) is 8.15. The van der Waals surface area contributed by atoms with Crippen LogP contribution >= 0.6 is 43.5 Å². The van der Waals surface area contributed by atoms with Crippen LogP contribution in [-0.2, 0) is 6.54 Å². The second-order valence-electron chi connectivity index (χ2n) is 3.61. The summed E-state index contributed by atoms with van der Waals surface area (Å²) in [5.74, 6) is 0. The van der Waals surface area contributed by atoms with Gasteiger partial charge in [0, 0.05) is 15.5 Å². The van der Waals surface area contributed by atoms with Crippen molar-refractivity contribution >= 4 is 49.1 Å². The molecule has 2 aromatic rings. The quantitative estimate of drug-likeness (QED) is 0.749. The van der Waals surface area contributed by atoms with E-state index in [1.54, 1.807) is 0 Å². The van der Waals surface area contributed by atoms with Crippen molar-refractivity contribution in [3.05, 3.63) is 62.0 Å². The number of rotatable bonds is 3. The molecule has 0 saturated heterocycles. The van der Waals surface area contributed by atoms with E-state index in [1.165, 1.54) is 5.56 Å². The van der Waals surface area contributed by atoms with Gasteiger partial charge < -0.3 is 5.32 Å². The summed E-state index contributed by atoms with van der Waals surface area (Å²) in [6, 6.07) is 13.9. The molecule has 2 rings (SSSR count). The summed E-state index contributed by atoms with van der Waals surface area (Å²) < 4.78 is 2.09. The molecule has 0 fully saturated rings. The highest BCUT2D eigenvalue weighted by molar-refractivity contribution is 9.10. The van der Waals surface area contributed by atoms with Crippen LogP contribution in [0.4, 0.5) is 5.69 Å². The van der Waals surface area contributed by atoms with Gasteiger partial charge in [-0.3, -0.25) is 0 Å². The van der Waals surface area contributed by atoms with E-state index < -0.39 is 0 Å². The van der Waals surface area contributed by atoms with Crippen LogP contribution in [0, 0.1) is 0 Å². The molecule has 1 nitrogen and oxygen atoms in total. The van der Waals surface area contributed by atoms with E-state index in [0.29, 0.717) is 0 Å². The first-order valence-corrected chi connectivity index (χ1v) is 7.05. The fourth-order valence-corrected chi connectivity index (χ4v) is 2.47. The van der Waals surface area contributed by atoms with Gasteiger partial charge in [-0.25, -0.2) is 0 Å². The van der Waals surface area contributed by atoms with E-state index in [1.807, 2.05) is 30.3 Å². The maximum absolute atomic E-state index is 6.10. The molecular formula is C13H10Br2ClN. The average Bonchev–Trinajstić information content (AvgIpc) is 2.30. The lowest BCUT2D eigenvalue weighted by molar-refractivity contribution is 1.15. The van der Waals surface area contributed by atoms with Gasteiger partial charge in [-0.05, 0) is 35.9 Å². The SMILES string of the molecule is Clc1ccc(Br)cc1NCc1cccc(Br)c1. The van der Waals surface area contributed by atoms with Crippen molar-refractivity contribution in [1.82, 2.24) is 0 Å². The van der Waals surface area contributed by atoms with Crippen LogP contribution in [0.5, 0.6) is 0 Å². The monoisotopic (exact) mass is 373 g/mol. The molecule has 0 amide bonds. The van der Waals surface area contributed by atoms with Crippen LogP contribution in [-0.4, -0.2) is 0 Å². The molecule has 0 unspecified atom stereocenters. The molecule has 2 aromatic carbocycles. The van der Waals surface area contributed by atoms with Crippen molar-refractivity contribution in [2.24, 2.45) is 0 Å². The van der Waals surface area contributed by atoms with Gasteiger partial charge in [0.25, 0.3) is 0 Å². The number of nitrogens with one attached hydrogen (secondary N) is 1. The Labute approximate surface area is 122 Å². The van der Waals surface area contributed by atoms with E-state index >= 15 is 0 Å². The van der Waals surface area contributed by atoms with Gasteiger partial charge in [-0.15, -0.1) is 0 Å². The second kappa shape index (κ2) is 5.89. The minimum Gasteiger partial charge on any atom is -0.380 e. The van der Waals surface area contributed by atoms with Gasteiger partial charge in [0.05, 0.1) is 10.7 Å². The van der Waals surface area contributed by atoms with Crippen LogP contribution in [0.1, 0.15) is 5.56 Å². The normalized spacial score (nSPS) is 10.3. The Hall–Kier alpha value is -0.510. The molecule has 0 bridgehead atoms. The van der Waals surface area contributed by atoms with Crippen molar-refractivity contribution < 1.29 is 0 Å². The predicted octanol–water partition coefficient (Wildman–Crippen LogP) is 5.48. The standard InChI is InChI=1S/C13H10Br2ClN/c14-10-3-1-2-9(6-10)8-17-13-7-11(15)4-5-12(13)16/h1-7,17H,8H2. The molecule has 17 heavy (non-hydrogen) atoms. The maximum atomic E-state index is 6.10. The van der Waals surface area contributed by atoms with Gasteiger partial charge in [0.15, 0.2) is 0 Å². The number of hydrogen-bond acceptors (Lipinski definition) is 1. The summed E-state index contributed by atoms with van der Waals surface area (Å²) in [5, 5.41) is 4.04. The minimum atomic E-state index is 0.725. The Morgan fingerprint density at radius 2 is 1.76 bits per heavy atom. The van der Waals surface area contributed by atoms with Crippen molar-refractivity contribution in [1.29, 1.82) is 0 Å². The van der Waals surface area contributed by atoms with Gasteiger partial charge >= 0.3 is 0 Å². The largest absolute Gasteiger partial charge is 0.380 e. The van der Waals surface area contributed by atoms with Crippen molar-refractivity contribution in [2.45, 2.75) is 6.54 Å². The van der Waals surface area contributed by atoms with Gasteiger partial charge in [-0.1, -0.05) is 55.6 Å². The topological polar surface area (TPSA) is 12.0 Å². The summed E-state index contributed by atoms with van der Waals surface area (Å²) >= 11 is 13.0. The van der Waals surface area contributed by atoms with Crippen LogP contribution < -0.4 is 5.32 Å². The van der Waals surface area contributed by atoms with E-state index in [9.17, 15) is 0 Å². The highest BCUT2D eigenvalue weighted by Crippen LogP contribution is 2.26. The first-order valence-electron chi connectivity index (χ1n) is 5.08. The molecule has 0 atom stereocenters. The van der Waals surface area contributed by atoms with Crippen LogP contribution in [0.15, 0.2) is 51.4 Å². The van der Waals surface area contributed by atoms with Crippen LogP contribution in [0.25, 0.3) is 0 Å². The van der Waals surface area contributed by atoms with Crippen molar-refractivity contribution in [2.75, 3.05) is 5.32 Å². The van der Waals surface area contributed by atoms with E-state index in [-0.39, 0.29) is 0 Å². The average molecular weight is 375 g/mol. The summed E-state index contributed by atoms with van der Waals surface area (Å²) in [6.45, 7) is 0.746. The Bertz CT molecular complexity index is 529. The molecule has 0 aliphatic heterocycles. The van der Waals surface area contributed by atoms with E-state index in [2.05, 4.69) is 49.3 Å². The Kier molecular flexibility index (Phi) is 4.48. The highest BCUT2D eigenvalue weighted by atomic mass is 79.9. The molecule has 0 aromatic heterocycles. The molecular weight excluding hydrogens is 365 g/mol. The molecule has 0 radical (unpaired) electrons. The Balaban J connectivity index is 2.09. The molecule has 0 spiro atoms. The second-order valence-corrected chi connectivity index (χ2v) is 5.85. The lowest BCUT2D eigenvalue weighted by Gasteiger charge is -2.09. The fraction of sp³-hybridized carbons (Fsp3) is 0.0769. The third kappa shape index (κ3) is 3.73. The summed E-state index contributed by atoms with van der Waals surface area (Å²) in [4.78, 5) is 0. The lowest BCUT2D eigenvalue weighted by atomic mass is 10.2. The van der Waals surface area contributed by atoms with E-state index in [0.717, 1.165) is 26.2 Å². The molecule has 0 aliphatic rings. The summed E-state index contributed by atoms with van der Waals surface area (Å²) in [6.07, 6.45) is 0. The zero-order chi connectivity index (χ0) is 12.3. The van der Waals surface area contributed by atoms with Gasteiger partial charge in [0.1, 0.15) is 0 Å². The zero-order valence-corrected chi connectivity index (χ0v) is 12.8. The fourth-order valence-electron chi connectivity index (χ4n) is 1.48. The van der Waals surface area contributed by atoms with Gasteiger partial charge in [-0.2, -0.15) is 0 Å². The van der Waals surface area contributed by atoms with Gasteiger partial charge in [0.2, 0.25) is 0 Å². The van der Waals surface area contributed by atoms with Crippen LogP contribution in [0.2, 0.25) is 5.02 Å². The molecule has 88 valence electrons. The van der Waals surface area contributed by atoms with Crippen LogP contribution in [0.3, 0.4) is 0 Å². The van der Waals surface area contributed by atoms with E-state index in [4.69, 9.17) is 11.6 Å². The Morgan fingerprint density at radius 3 is 2.53 bits per heavy atom. The molecule has 0 aliphatic carbocycles. The molecule has 1 N–H and O–H groups in total. The summed E-state index contributed by atoms with van der Waals surface area (Å²) in [5.41, 5.74) is 2.14.